The van der Waals surface area contributed by atoms with Crippen LogP contribution in [0.3, 0.4) is 0 Å². The van der Waals surface area contributed by atoms with Crippen LogP contribution in [-0.2, 0) is 0 Å². The molecule has 104 valence electrons. The van der Waals surface area contributed by atoms with E-state index in [0.29, 0.717) is 6.04 Å². The molecule has 0 aliphatic carbocycles. The van der Waals surface area contributed by atoms with Crippen LogP contribution >= 0.6 is 0 Å². The lowest BCUT2D eigenvalue weighted by molar-refractivity contribution is -0.384. The maximum absolute atomic E-state index is 10.9. The van der Waals surface area contributed by atoms with E-state index in [1.165, 1.54) is 6.07 Å². The Morgan fingerprint density at radius 1 is 1.30 bits per heavy atom. The smallest absolute Gasteiger partial charge is 0.270 e. The second kappa shape index (κ2) is 5.42. The Kier molecular flexibility index (Phi) is 3.47. The SMILES string of the molecule is O=[N+]([O-])c1ccc2ccnc(NC3CCNCC3)c2c1. The summed E-state index contributed by atoms with van der Waals surface area (Å²) in [7, 11) is 0. The van der Waals surface area contributed by atoms with Gasteiger partial charge in [-0.25, -0.2) is 4.98 Å². The molecule has 0 bridgehead atoms. The van der Waals surface area contributed by atoms with E-state index in [1.54, 1.807) is 18.3 Å². The molecule has 20 heavy (non-hydrogen) atoms. The molecule has 0 saturated carbocycles. The highest BCUT2D eigenvalue weighted by Gasteiger charge is 2.15. The molecule has 3 rings (SSSR count). The number of hydrogen-bond donors (Lipinski definition) is 2. The third-order valence-electron chi connectivity index (χ3n) is 3.64. The van der Waals surface area contributed by atoms with Crippen LogP contribution in [0.2, 0.25) is 0 Å². The number of benzene rings is 1. The van der Waals surface area contributed by atoms with E-state index >= 15 is 0 Å². The second-order valence-electron chi connectivity index (χ2n) is 4.99. The van der Waals surface area contributed by atoms with Gasteiger partial charge >= 0.3 is 0 Å². The zero-order valence-electron chi connectivity index (χ0n) is 11.0. The van der Waals surface area contributed by atoms with Gasteiger partial charge in [-0.05, 0) is 43.5 Å². The van der Waals surface area contributed by atoms with E-state index in [4.69, 9.17) is 0 Å². The highest BCUT2D eigenvalue weighted by Crippen LogP contribution is 2.26. The van der Waals surface area contributed by atoms with Crippen molar-refractivity contribution in [2.24, 2.45) is 0 Å². The Morgan fingerprint density at radius 3 is 2.85 bits per heavy atom. The standard InChI is InChI=1S/C14H16N4O2/c19-18(20)12-2-1-10-3-8-16-14(13(10)9-12)17-11-4-6-15-7-5-11/h1-3,8-9,11,15H,4-7H2,(H,16,17). The molecule has 0 amide bonds. The normalized spacial score (nSPS) is 16.2. The van der Waals surface area contributed by atoms with Gasteiger partial charge in [-0.3, -0.25) is 10.1 Å². The number of rotatable bonds is 3. The van der Waals surface area contributed by atoms with Gasteiger partial charge in [-0.1, -0.05) is 0 Å². The highest BCUT2D eigenvalue weighted by molar-refractivity contribution is 5.93. The van der Waals surface area contributed by atoms with Gasteiger partial charge in [-0.15, -0.1) is 0 Å². The summed E-state index contributed by atoms with van der Waals surface area (Å²) >= 11 is 0. The van der Waals surface area contributed by atoms with Gasteiger partial charge in [0.05, 0.1) is 4.92 Å². The molecule has 2 aromatic rings. The second-order valence-corrected chi connectivity index (χ2v) is 4.99. The summed E-state index contributed by atoms with van der Waals surface area (Å²) in [6, 6.07) is 7.12. The average molecular weight is 272 g/mol. The summed E-state index contributed by atoms with van der Waals surface area (Å²) < 4.78 is 0. The average Bonchev–Trinajstić information content (AvgIpc) is 2.48. The third kappa shape index (κ3) is 2.55. The van der Waals surface area contributed by atoms with Gasteiger partial charge in [0.15, 0.2) is 0 Å². The van der Waals surface area contributed by atoms with Crippen LogP contribution in [0, 0.1) is 10.1 Å². The first-order valence-electron chi connectivity index (χ1n) is 6.74. The molecule has 2 N–H and O–H groups in total. The van der Waals surface area contributed by atoms with E-state index in [0.717, 1.165) is 42.5 Å². The molecule has 6 heteroatoms. The zero-order chi connectivity index (χ0) is 13.9. The fraction of sp³-hybridized carbons (Fsp3) is 0.357. The summed E-state index contributed by atoms with van der Waals surface area (Å²) in [6.45, 7) is 1.98. The number of hydrogen-bond acceptors (Lipinski definition) is 5. The van der Waals surface area contributed by atoms with Gasteiger partial charge in [0.25, 0.3) is 5.69 Å². The van der Waals surface area contributed by atoms with Crippen molar-refractivity contribution in [2.75, 3.05) is 18.4 Å². The number of anilines is 1. The van der Waals surface area contributed by atoms with Crippen LogP contribution < -0.4 is 10.6 Å². The van der Waals surface area contributed by atoms with Crippen LogP contribution in [0.15, 0.2) is 30.5 Å². The number of nitrogens with zero attached hydrogens (tertiary/aromatic N) is 2. The largest absolute Gasteiger partial charge is 0.367 e. The topological polar surface area (TPSA) is 80.1 Å². The Hall–Kier alpha value is -2.21. The Bertz CT molecular complexity index is 638. The molecule has 1 fully saturated rings. The number of piperidine rings is 1. The predicted molar refractivity (Wildman–Crippen MR) is 77.9 cm³/mol. The van der Waals surface area contributed by atoms with Gasteiger partial charge in [0.1, 0.15) is 5.82 Å². The van der Waals surface area contributed by atoms with Gasteiger partial charge in [0, 0.05) is 29.8 Å². The number of nitro groups is 1. The summed E-state index contributed by atoms with van der Waals surface area (Å²) in [6.07, 6.45) is 3.80. The van der Waals surface area contributed by atoms with Crippen molar-refractivity contribution >= 4 is 22.3 Å². The number of non-ortho nitro benzene ring substituents is 1. The van der Waals surface area contributed by atoms with Crippen molar-refractivity contribution in [3.05, 3.63) is 40.6 Å². The predicted octanol–water partition coefficient (Wildman–Crippen LogP) is 2.31. The van der Waals surface area contributed by atoms with E-state index in [2.05, 4.69) is 15.6 Å². The van der Waals surface area contributed by atoms with Crippen molar-refractivity contribution in [2.45, 2.75) is 18.9 Å². The molecule has 1 aliphatic heterocycles. The molecule has 0 radical (unpaired) electrons. The minimum Gasteiger partial charge on any atom is -0.367 e. The lowest BCUT2D eigenvalue weighted by Gasteiger charge is -2.24. The summed E-state index contributed by atoms with van der Waals surface area (Å²) in [5, 5.41) is 19.4. The Balaban J connectivity index is 1.96. The maximum Gasteiger partial charge on any atom is 0.270 e. The Labute approximate surface area is 116 Å². The van der Waals surface area contributed by atoms with E-state index in [1.807, 2.05) is 6.07 Å². The molecule has 2 heterocycles. The molecule has 1 aromatic carbocycles. The Morgan fingerprint density at radius 2 is 2.10 bits per heavy atom. The van der Waals surface area contributed by atoms with Crippen molar-refractivity contribution < 1.29 is 4.92 Å². The molecule has 6 nitrogen and oxygen atoms in total. The maximum atomic E-state index is 10.9. The lowest BCUT2D eigenvalue weighted by atomic mass is 10.1. The summed E-state index contributed by atoms with van der Waals surface area (Å²) in [5.41, 5.74) is 0.0962. The van der Waals surface area contributed by atoms with Crippen LogP contribution in [0.4, 0.5) is 11.5 Å². The number of nitro benzene ring substituents is 1. The zero-order valence-corrected chi connectivity index (χ0v) is 11.0. The molecular weight excluding hydrogens is 256 g/mol. The van der Waals surface area contributed by atoms with Gasteiger partial charge in [-0.2, -0.15) is 0 Å². The molecule has 0 spiro atoms. The molecule has 1 aromatic heterocycles. The van der Waals surface area contributed by atoms with Crippen LogP contribution in [0.1, 0.15) is 12.8 Å². The van der Waals surface area contributed by atoms with E-state index in [9.17, 15) is 10.1 Å². The van der Waals surface area contributed by atoms with Gasteiger partial charge < -0.3 is 10.6 Å². The lowest BCUT2D eigenvalue weighted by Crippen LogP contribution is -2.35. The molecule has 0 atom stereocenters. The number of pyridine rings is 1. The molecule has 1 aliphatic rings. The number of nitrogens with one attached hydrogen (secondary N) is 2. The summed E-state index contributed by atoms with van der Waals surface area (Å²) in [5.74, 6) is 0.734. The third-order valence-corrected chi connectivity index (χ3v) is 3.64. The number of fused-ring (bicyclic) bond motifs is 1. The van der Waals surface area contributed by atoms with E-state index in [-0.39, 0.29) is 10.6 Å². The first-order chi connectivity index (χ1) is 9.74. The van der Waals surface area contributed by atoms with Crippen LogP contribution in [-0.4, -0.2) is 29.0 Å². The minimum absolute atomic E-state index is 0.0962. The van der Waals surface area contributed by atoms with Crippen molar-refractivity contribution in [3.8, 4) is 0 Å². The molecule has 1 saturated heterocycles. The first-order valence-corrected chi connectivity index (χ1v) is 6.74. The summed E-state index contributed by atoms with van der Waals surface area (Å²) in [4.78, 5) is 14.9. The quantitative estimate of drug-likeness (QED) is 0.662. The highest BCUT2D eigenvalue weighted by atomic mass is 16.6. The number of aromatic nitrogens is 1. The van der Waals surface area contributed by atoms with Gasteiger partial charge in [0.2, 0.25) is 0 Å². The van der Waals surface area contributed by atoms with E-state index < -0.39 is 0 Å². The fourth-order valence-electron chi connectivity index (χ4n) is 2.54. The van der Waals surface area contributed by atoms with Crippen molar-refractivity contribution in [1.82, 2.24) is 10.3 Å². The molecular formula is C14H16N4O2. The fourth-order valence-corrected chi connectivity index (χ4v) is 2.54. The first kappa shape index (κ1) is 12.8. The van der Waals surface area contributed by atoms with Crippen molar-refractivity contribution in [3.63, 3.8) is 0 Å². The minimum atomic E-state index is -0.374. The van der Waals surface area contributed by atoms with Crippen LogP contribution in [0.25, 0.3) is 10.8 Å². The monoisotopic (exact) mass is 272 g/mol. The van der Waals surface area contributed by atoms with Crippen LogP contribution in [0.5, 0.6) is 0 Å². The van der Waals surface area contributed by atoms with Crippen molar-refractivity contribution in [1.29, 1.82) is 0 Å². The molecule has 0 unspecified atom stereocenters.